The molecule has 0 saturated heterocycles. The van der Waals surface area contributed by atoms with Crippen molar-refractivity contribution in [3.63, 3.8) is 0 Å². The molecule has 0 saturated carbocycles. The van der Waals surface area contributed by atoms with E-state index in [1.165, 1.54) is 0 Å². The van der Waals surface area contributed by atoms with Crippen LogP contribution in [0.2, 0.25) is 0 Å². The summed E-state index contributed by atoms with van der Waals surface area (Å²) in [5, 5.41) is 2.72. The topological polar surface area (TPSA) is 64.3 Å². The predicted octanol–water partition coefficient (Wildman–Crippen LogP) is -0.214. The number of thiol groups is 1. The minimum atomic E-state index is -0.495. The number of nitrogens with one attached hydrogen (secondary N) is 1. The van der Waals surface area contributed by atoms with E-state index in [0.29, 0.717) is 12.3 Å². The van der Waals surface area contributed by atoms with Crippen molar-refractivity contribution in [1.29, 1.82) is 0 Å². The Labute approximate surface area is 84.6 Å². The number of amides is 1. The fraction of sp³-hybridized carbons (Fsp3) is 0.875. The summed E-state index contributed by atoms with van der Waals surface area (Å²) in [6, 6.07) is -0.495. The van der Waals surface area contributed by atoms with Crippen LogP contribution in [0, 0.1) is 0 Å². The van der Waals surface area contributed by atoms with Gasteiger partial charge in [0, 0.05) is 26.0 Å². The van der Waals surface area contributed by atoms with Gasteiger partial charge in [0.25, 0.3) is 0 Å². The first kappa shape index (κ1) is 12.7. The minimum absolute atomic E-state index is 0.132. The lowest BCUT2D eigenvalue weighted by atomic mass is 10.3. The van der Waals surface area contributed by atoms with Gasteiger partial charge in [-0.3, -0.25) is 4.79 Å². The normalized spacial score (nSPS) is 12.5. The third-order valence-corrected chi connectivity index (χ3v) is 2.00. The number of unbranched alkanes of at least 4 members (excludes halogenated alkanes) is 1. The smallest absolute Gasteiger partial charge is 0.237 e. The molecular weight excluding hydrogens is 188 g/mol. The van der Waals surface area contributed by atoms with Crippen molar-refractivity contribution in [2.45, 2.75) is 18.9 Å². The lowest BCUT2D eigenvalue weighted by molar-refractivity contribution is -0.121. The lowest BCUT2D eigenvalue weighted by Crippen LogP contribution is -2.42. The van der Waals surface area contributed by atoms with E-state index in [-0.39, 0.29) is 5.91 Å². The second kappa shape index (κ2) is 8.34. The number of carbonyl (C=O) groups excluding carboxylic acids is 1. The van der Waals surface area contributed by atoms with Crippen molar-refractivity contribution in [1.82, 2.24) is 5.32 Å². The summed E-state index contributed by atoms with van der Waals surface area (Å²) in [7, 11) is 1.66. The van der Waals surface area contributed by atoms with Gasteiger partial charge in [-0.1, -0.05) is 0 Å². The predicted molar refractivity (Wildman–Crippen MR) is 55.9 cm³/mol. The second-order valence-corrected chi connectivity index (χ2v) is 3.15. The molecule has 0 rings (SSSR count). The zero-order chi connectivity index (χ0) is 10.1. The molecule has 0 heterocycles. The van der Waals surface area contributed by atoms with E-state index in [9.17, 15) is 4.79 Å². The highest BCUT2D eigenvalue weighted by atomic mass is 32.1. The molecule has 0 spiro atoms. The number of ether oxygens (including phenoxy) is 1. The monoisotopic (exact) mass is 206 g/mol. The van der Waals surface area contributed by atoms with Crippen LogP contribution in [0.15, 0.2) is 0 Å². The Balaban J connectivity index is 3.27. The molecule has 0 aliphatic heterocycles. The van der Waals surface area contributed by atoms with Gasteiger partial charge < -0.3 is 15.8 Å². The largest absolute Gasteiger partial charge is 0.385 e. The Bertz CT molecular complexity index is 144. The number of nitrogens with two attached hydrogens (primary N) is 1. The van der Waals surface area contributed by atoms with E-state index in [4.69, 9.17) is 10.5 Å². The van der Waals surface area contributed by atoms with Crippen LogP contribution in [-0.4, -0.2) is 38.0 Å². The highest BCUT2D eigenvalue weighted by molar-refractivity contribution is 7.80. The van der Waals surface area contributed by atoms with Crippen molar-refractivity contribution in [2.75, 3.05) is 26.0 Å². The number of rotatable bonds is 7. The lowest BCUT2D eigenvalue weighted by Gasteiger charge is -2.08. The summed E-state index contributed by atoms with van der Waals surface area (Å²) < 4.78 is 4.87. The number of hydrogen-bond donors (Lipinski definition) is 3. The van der Waals surface area contributed by atoms with Gasteiger partial charge in [-0.25, -0.2) is 0 Å². The average Bonchev–Trinajstić information content (AvgIpc) is 2.16. The molecule has 0 radical (unpaired) electrons. The summed E-state index contributed by atoms with van der Waals surface area (Å²) in [6.07, 6.45) is 1.87. The highest BCUT2D eigenvalue weighted by Gasteiger charge is 2.09. The zero-order valence-electron chi connectivity index (χ0n) is 7.95. The SMILES string of the molecule is COCCCCNC(=O)[C@@H](N)CS. The Kier molecular flexibility index (Phi) is 8.18. The van der Waals surface area contributed by atoms with Crippen LogP contribution in [0.25, 0.3) is 0 Å². The van der Waals surface area contributed by atoms with Gasteiger partial charge >= 0.3 is 0 Å². The quantitative estimate of drug-likeness (QED) is 0.399. The molecule has 78 valence electrons. The third kappa shape index (κ3) is 6.86. The van der Waals surface area contributed by atoms with E-state index in [2.05, 4.69) is 17.9 Å². The third-order valence-electron chi connectivity index (χ3n) is 1.61. The molecule has 5 heteroatoms. The molecule has 13 heavy (non-hydrogen) atoms. The molecule has 3 N–H and O–H groups in total. The van der Waals surface area contributed by atoms with E-state index < -0.39 is 6.04 Å². The van der Waals surface area contributed by atoms with Gasteiger partial charge in [0.1, 0.15) is 0 Å². The van der Waals surface area contributed by atoms with Gasteiger partial charge in [0.15, 0.2) is 0 Å². The average molecular weight is 206 g/mol. The zero-order valence-corrected chi connectivity index (χ0v) is 8.85. The van der Waals surface area contributed by atoms with Crippen molar-refractivity contribution in [3.05, 3.63) is 0 Å². The van der Waals surface area contributed by atoms with Gasteiger partial charge in [-0.2, -0.15) is 12.6 Å². The Morgan fingerprint density at radius 3 is 2.85 bits per heavy atom. The number of methoxy groups -OCH3 is 1. The number of carbonyl (C=O) groups is 1. The molecule has 0 aliphatic rings. The van der Waals surface area contributed by atoms with Crippen molar-refractivity contribution >= 4 is 18.5 Å². The molecular formula is C8H18N2O2S. The first-order valence-corrected chi connectivity index (χ1v) is 4.98. The Hall–Kier alpha value is -0.260. The molecule has 0 aromatic heterocycles. The Morgan fingerprint density at radius 1 is 1.62 bits per heavy atom. The molecule has 1 amide bonds. The van der Waals surface area contributed by atoms with Gasteiger partial charge in [0.05, 0.1) is 6.04 Å². The second-order valence-electron chi connectivity index (χ2n) is 2.78. The maximum absolute atomic E-state index is 11.1. The van der Waals surface area contributed by atoms with Crippen molar-refractivity contribution in [2.24, 2.45) is 5.73 Å². The van der Waals surface area contributed by atoms with Crippen LogP contribution in [0.1, 0.15) is 12.8 Å². The summed E-state index contributed by atoms with van der Waals surface area (Å²) in [5.41, 5.74) is 5.44. The molecule has 0 bridgehead atoms. The van der Waals surface area contributed by atoms with Crippen LogP contribution < -0.4 is 11.1 Å². The number of hydrogen-bond acceptors (Lipinski definition) is 4. The molecule has 4 nitrogen and oxygen atoms in total. The highest BCUT2D eigenvalue weighted by Crippen LogP contribution is 1.88. The van der Waals surface area contributed by atoms with Crippen LogP contribution in [0.5, 0.6) is 0 Å². The molecule has 0 aromatic carbocycles. The van der Waals surface area contributed by atoms with Crippen LogP contribution >= 0.6 is 12.6 Å². The van der Waals surface area contributed by atoms with E-state index in [0.717, 1.165) is 19.4 Å². The van der Waals surface area contributed by atoms with Crippen molar-refractivity contribution in [3.8, 4) is 0 Å². The molecule has 1 atom stereocenters. The van der Waals surface area contributed by atoms with Gasteiger partial charge in [0.2, 0.25) is 5.91 Å². The maximum atomic E-state index is 11.1. The summed E-state index contributed by atoms with van der Waals surface area (Å²) in [6.45, 7) is 1.39. The van der Waals surface area contributed by atoms with Gasteiger partial charge in [-0.15, -0.1) is 0 Å². The Morgan fingerprint density at radius 2 is 2.31 bits per heavy atom. The minimum Gasteiger partial charge on any atom is -0.385 e. The summed E-state index contributed by atoms with van der Waals surface area (Å²) >= 11 is 3.93. The van der Waals surface area contributed by atoms with Crippen molar-refractivity contribution < 1.29 is 9.53 Å². The molecule has 0 aromatic rings. The van der Waals surface area contributed by atoms with Crippen LogP contribution in [0.3, 0.4) is 0 Å². The van der Waals surface area contributed by atoms with E-state index in [1.807, 2.05) is 0 Å². The van der Waals surface area contributed by atoms with E-state index >= 15 is 0 Å². The summed E-state index contributed by atoms with van der Waals surface area (Å²) in [5.74, 6) is 0.247. The molecule has 0 fully saturated rings. The van der Waals surface area contributed by atoms with Crippen LogP contribution in [-0.2, 0) is 9.53 Å². The fourth-order valence-corrected chi connectivity index (χ4v) is 0.963. The van der Waals surface area contributed by atoms with E-state index in [1.54, 1.807) is 7.11 Å². The van der Waals surface area contributed by atoms with Gasteiger partial charge in [-0.05, 0) is 12.8 Å². The maximum Gasteiger partial charge on any atom is 0.237 e. The summed E-state index contributed by atoms with van der Waals surface area (Å²) in [4.78, 5) is 11.1. The van der Waals surface area contributed by atoms with Crippen LogP contribution in [0.4, 0.5) is 0 Å². The fourth-order valence-electron chi connectivity index (χ4n) is 0.797. The first-order valence-electron chi connectivity index (χ1n) is 4.35. The standard InChI is InChI=1S/C8H18N2O2S/c1-12-5-3-2-4-10-8(11)7(9)6-13/h7,13H,2-6,9H2,1H3,(H,10,11)/t7-/m0/s1. The first-order chi connectivity index (χ1) is 6.22. The molecule has 0 aliphatic carbocycles. The molecule has 0 unspecified atom stereocenters.